The maximum absolute atomic E-state index is 13.0. The zero-order valence-electron chi connectivity index (χ0n) is 10.9. The Morgan fingerprint density at radius 2 is 1.67 bits per heavy atom. The van der Waals surface area contributed by atoms with Crippen molar-refractivity contribution >= 4 is 23.2 Å². The first-order valence-corrected chi connectivity index (χ1v) is 6.77. The Hall–Kier alpha value is -1.98. The van der Waals surface area contributed by atoms with E-state index < -0.39 is 0 Å². The van der Waals surface area contributed by atoms with Crippen LogP contribution in [0, 0.1) is 5.82 Å². The van der Waals surface area contributed by atoms with Gasteiger partial charge >= 0.3 is 0 Å². The monoisotopic (exact) mass is 322 g/mol. The zero-order chi connectivity index (χ0) is 15.0. The van der Waals surface area contributed by atoms with Crippen molar-refractivity contribution in [1.29, 1.82) is 0 Å². The quantitative estimate of drug-likeness (QED) is 0.670. The molecule has 0 aliphatic carbocycles. The molecule has 0 radical (unpaired) electrons. The van der Waals surface area contributed by atoms with Gasteiger partial charge in [0.25, 0.3) is 0 Å². The first kappa shape index (κ1) is 14.0. The van der Waals surface area contributed by atoms with Crippen molar-refractivity contribution in [2.45, 2.75) is 0 Å². The predicted molar refractivity (Wildman–Crippen MR) is 79.6 cm³/mol. The minimum Gasteiger partial charge on any atom is -0.331 e. The summed E-state index contributed by atoms with van der Waals surface area (Å²) in [4.78, 5) is 12.5. The molecule has 0 bridgehead atoms. The molecule has 0 aliphatic rings. The van der Waals surface area contributed by atoms with E-state index in [0.717, 1.165) is 0 Å². The van der Waals surface area contributed by atoms with Gasteiger partial charge in [-0.15, -0.1) is 0 Å². The van der Waals surface area contributed by atoms with Crippen molar-refractivity contribution in [3.8, 4) is 22.6 Å². The van der Waals surface area contributed by atoms with E-state index in [1.165, 1.54) is 12.1 Å². The fraction of sp³-hybridized carbons (Fsp3) is 0.0714. The van der Waals surface area contributed by atoms with Crippen molar-refractivity contribution in [1.82, 2.24) is 19.5 Å². The van der Waals surface area contributed by atoms with Gasteiger partial charge in [0.1, 0.15) is 21.8 Å². The predicted octanol–water partition coefficient (Wildman–Crippen LogP) is 3.99. The van der Waals surface area contributed by atoms with E-state index in [4.69, 9.17) is 23.2 Å². The Kier molecular flexibility index (Phi) is 3.61. The zero-order valence-corrected chi connectivity index (χ0v) is 12.4. The summed E-state index contributed by atoms with van der Waals surface area (Å²) in [7, 11) is 1.82. The first-order chi connectivity index (χ1) is 10.1. The lowest BCUT2D eigenvalue weighted by molar-refractivity contribution is 0.628. The van der Waals surface area contributed by atoms with Crippen LogP contribution in [0.3, 0.4) is 0 Å². The standard InChI is InChI=1S/C14H9Cl2FN4/c1-21-7-18-6-10(21)14-19-12(15)11(13(16)20-14)8-2-4-9(17)5-3-8/h2-7H,1H3. The van der Waals surface area contributed by atoms with Crippen LogP contribution in [0.1, 0.15) is 0 Å². The number of aryl methyl sites for hydroxylation is 1. The van der Waals surface area contributed by atoms with Gasteiger partial charge in [0.05, 0.1) is 18.1 Å². The Balaban J connectivity index is 2.13. The van der Waals surface area contributed by atoms with Crippen molar-refractivity contribution in [3.63, 3.8) is 0 Å². The molecular weight excluding hydrogens is 314 g/mol. The second-order valence-electron chi connectivity index (χ2n) is 4.40. The lowest BCUT2D eigenvalue weighted by Crippen LogP contribution is -1.98. The Morgan fingerprint density at radius 1 is 1.05 bits per heavy atom. The summed E-state index contributed by atoms with van der Waals surface area (Å²) in [5.74, 6) is 0.0503. The van der Waals surface area contributed by atoms with Gasteiger partial charge in [0.2, 0.25) is 0 Å². The highest BCUT2D eigenvalue weighted by Gasteiger charge is 2.16. The van der Waals surface area contributed by atoms with Crippen molar-refractivity contribution in [3.05, 3.63) is 52.9 Å². The molecule has 3 aromatic rings. The lowest BCUT2D eigenvalue weighted by Gasteiger charge is -2.08. The fourth-order valence-corrected chi connectivity index (χ4v) is 2.56. The molecule has 4 nitrogen and oxygen atoms in total. The number of benzene rings is 1. The van der Waals surface area contributed by atoms with Crippen LogP contribution in [-0.4, -0.2) is 19.5 Å². The highest BCUT2D eigenvalue weighted by molar-refractivity contribution is 6.37. The van der Waals surface area contributed by atoms with Crippen LogP contribution in [0.5, 0.6) is 0 Å². The van der Waals surface area contributed by atoms with Gasteiger partial charge in [-0.25, -0.2) is 19.3 Å². The van der Waals surface area contributed by atoms with Crippen LogP contribution in [0.15, 0.2) is 36.8 Å². The Labute approximate surface area is 130 Å². The van der Waals surface area contributed by atoms with E-state index in [2.05, 4.69) is 15.0 Å². The number of rotatable bonds is 2. The minimum atomic E-state index is -0.335. The molecule has 0 unspecified atom stereocenters. The van der Waals surface area contributed by atoms with E-state index in [-0.39, 0.29) is 16.1 Å². The molecule has 0 aliphatic heterocycles. The van der Waals surface area contributed by atoms with Crippen LogP contribution in [-0.2, 0) is 7.05 Å². The van der Waals surface area contributed by atoms with Gasteiger partial charge in [0, 0.05) is 7.05 Å². The first-order valence-electron chi connectivity index (χ1n) is 6.02. The molecule has 21 heavy (non-hydrogen) atoms. The second kappa shape index (κ2) is 5.42. The van der Waals surface area contributed by atoms with Gasteiger partial charge in [-0.05, 0) is 17.7 Å². The van der Waals surface area contributed by atoms with Crippen LogP contribution >= 0.6 is 23.2 Å². The highest BCUT2D eigenvalue weighted by atomic mass is 35.5. The van der Waals surface area contributed by atoms with Crippen LogP contribution in [0.4, 0.5) is 4.39 Å². The third-order valence-electron chi connectivity index (χ3n) is 3.00. The Bertz CT molecular complexity index is 776. The van der Waals surface area contributed by atoms with Gasteiger partial charge in [-0.2, -0.15) is 0 Å². The maximum Gasteiger partial charge on any atom is 0.180 e. The number of aromatic nitrogens is 4. The largest absolute Gasteiger partial charge is 0.331 e. The van der Waals surface area contributed by atoms with Crippen molar-refractivity contribution in [2.75, 3.05) is 0 Å². The summed E-state index contributed by atoms with van der Waals surface area (Å²) < 4.78 is 14.8. The molecular formula is C14H9Cl2FN4. The van der Waals surface area contributed by atoms with Gasteiger partial charge in [-0.3, -0.25) is 0 Å². The molecule has 2 aromatic heterocycles. The van der Waals surface area contributed by atoms with Crippen LogP contribution in [0.25, 0.3) is 22.6 Å². The molecule has 0 saturated carbocycles. The third-order valence-corrected chi connectivity index (χ3v) is 3.55. The van der Waals surface area contributed by atoms with Crippen LogP contribution in [0.2, 0.25) is 10.3 Å². The summed E-state index contributed by atoms with van der Waals surface area (Å²) in [6.45, 7) is 0. The smallest absolute Gasteiger partial charge is 0.180 e. The van der Waals surface area contributed by atoms with Gasteiger partial charge < -0.3 is 4.57 Å². The molecule has 106 valence electrons. The molecule has 0 atom stereocenters. The van der Waals surface area contributed by atoms with Gasteiger partial charge in [-0.1, -0.05) is 35.3 Å². The lowest BCUT2D eigenvalue weighted by atomic mass is 10.1. The average Bonchev–Trinajstić information content (AvgIpc) is 2.86. The molecule has 1 aromatic carbocycles. The Morgan fingerprint density at radius 3 is 2.19 bits per heavy atom. The molecule has 2 heterocycles. The van der Waals surface area contributed by atoms with Crippen LogP contribution < -0.4 is 0 Å². The summed E-state index contributed by atoms with van der Waals surface area (Å²) in [5.41, 5.74) is 1.83. The number of nitrogens with zero attached hydrogens (tertiary/aromatic N) is 4. The summed E-state index contributed by atoms with van der Waals surface area (Å²) in [6.07, 6.45) is 3.26. The van der Waals surface area contributed by atoms with E-state index in [1.54, 1.807) is 29.2 Å². The molecule has 0 N–H and O–H groups in total. The molecule has 7 heteroatoms. The minimum absolute atomic E-state index is 0.206. The van der Waals surface area contributed by atoms with Crippen molar-refractivity contribution in [2.24, 2.45) is 7.05 Å². The maximum atomic E-state index is 13.0. The normalized spacial score (nSPS) is 10.9. The third kappa shape index (κ3) is 2.62. The number of imidazole rings is 1. The summed E-state index contributed by atoms with van der Waals surface area (Å²) in [6, 6.07) is 5.82. The van der Waals surface area contributed by atoms with E-state index in [1.807, 2.05) is 7.05 Å². The highest BCUT2D eigenvalue weighted by Crippen LogP contribution is 2.34. The number of hydrogen-bond donors (Lipinski definition) is 0. The van der Waals surface area contributed by atoms with E-state index in [0.29, 0.717) is 22.6 Å². The summed E-state index contributed by atoms with van der Waals surface area (Å²) >= 11 is 12.4. The SMILES string of the molecule is Cn1cncc1-c1nc(Cl)c(-c2ccc(F)cc2)c(Cl)n1. The second-order valence-corrected chi connectivity index (χ2v) is 5.12. The average molecular weight is 323 g/mol. The topological polar surface area (TPSA) is 43.6 Å². The number of hydrogen-bond acceptors (Lipinski definition) is 3. The molecule has 0 amide bonds. The molecule has 0 spiro atoms. The molecule has 0 saturated heterocycles. The fourth-order valence-electron chi connectivity index (χ4n) is 1.95. The van der Waals surface area contributed by atoms with E-state index >= 15 is 0 Å². The molecule has 3 rings (SSSR count). The summed E-state index contributed by atoms with van der Waals surface area (Å²) in [5, 5.41) is 0.413. The van der Waals surface area contributed by atoms with E-state index in [9.17, 15) is 4.39 Å². The number of halogens is 3. The van der Waals surface area contributed by atoms with Gasteiger partial charge in [0.15, 0.2) is 5.82 Å². The van der Waals surface area contributed by atoms with Crippen molar-refractivity contribution < 1.29 is 4.39 Å². The molecule has 0 fully saturated rings.